The zero-order valence-electron chi connectivity index (χ0n) is 10.1. The van der Waals surface area contributed by atoms with Crippen LogP contribution in [0.4, 0.5) is 13.2 Å². The van der Waals surface area contributed by atoms with E-state index in [4.69, 9.17) is 16.3 Å². The summed E-state index contributed by atoms with van der Waals surface area (Å²) in [6.07, 6.45) is -4.71. The number of ether oxygens (including phenoxy) is 1. The third kappa shape index (κ3) is 2.49. The SMILES string of the molecule is COc1ccc(-n2nc(C(F)(F)F)c(C=O)c2Cl)cc1. The molecule has 0 unspecified atom stereocenters. The van der Waals surface area contributed by atoms with Crippen molar-refractivity contribution in [3.8, 4) is 11.4 Å². The van der Waals surface area contributed by atoms with Crippen LogP contribution in [0.5, 0.6) is 5.75 Å². The molecule has 2 aromatic rings. The van der Waals surface area contributed by atoms with Crippen LogP contribution >= 0.6 is 11.6 Å². The molecular weight excluding hydrogens is 297 g/mol. The van der Waals surface area contributed by atoms with E-state index in [1.54, 1.807) is 12.1 Å². The lowest BCUT2D eigenvalue weighted by Crippen LogP contribution is -2.09. The summed E-state index contributed by atoms with van der Waals surface area (Å²) in [4.78, 5) is 10.8. The number of halogens is 4. The third-order valence-corrected chi connectivity index (χ3v) is 2.93. The zero-order valence-corrected chi connectivity index (χ0v) is 10.9. The lowest BCUT2D eigenvalue weighted by Gasteiger charge is -2.05. The summed E-state index contributed by atoms with van der Waals surface area (Å²) in [5.74, 6) is 0.531. The Morgan fingerprint density at radius 3 is 2.30 bits per heavy atom. The first kappa shape index (κ1) is 14.4. The number of aromatic nitrogens is 2. The summed E-state index contributed by atoms with van der Waals surface area (Å²) in [5.41, 5.74) is -1.71. The Kier molecular flexibility index (Phi) is 3.71. The van der Waals surface area contributed by atoms with E-state index >= 15 is 0 Å². The minimum absolute atomic E-state index is 0.0399. The Labute approximate surface area is 116 Å². The normalized spacial score (nSPS) is 11.4. The van der Waals surface area contributed by atoms with Crippen LogP contribution in [0.15, 0.2) is 24.3 Å². The fourth-order valence-corrected chi connectivity index (χ4v) is 1.89. The second-order valence-electron chi connectivity index (χ2n) is 3.78. The van der Waals surface area contributed by atoms with Crippen molar-refractivity contribution in [3.63, 3.8) is 0 Å². The zero-order chi connectivity index (χ0) is 14.9. The Hall–Kier alpha value is -2.02. The smallest absolute Gasteiger partial charge is 0.435 e. The Morgan fingerprint density at radius 1 is 1.30 bits per heavy atom. The van der Waals surface area contributed by atoms with Crippen LogP contribution in [-0.4, -0.2) is 23.2 Å². The molecule has 0 spiro atoms. The lowest BCUT2D eigenvalue weighted by molar-refractivity contribution is -0.141. The highest BCUT2D eigenvalue weighted by molar-refractivity contribution is 6.32. The van der Waals surface area contributed by atoms with E-state index in [0.29, 0.717) is 5.75 Å². The fourth-order valence-electron chi connectivity index (χ4n) is 1.62. The number of alkyl halides is 3. The van der Waals surface area contributed by atoms with Crippen molar-refractivity contribution >= 4 is 17.9 Å². The van der Waals surface area contributed by atoms with Crippen molar-refractivity contribution in [1.29, 1.82) is 0 Å². The molecular formula is C12H8ClF3N2O2. The molecule has 0 radical (unpaired) electrons. The van der Waals surface area contributed by atoms with Gasteiger partial charge in [0.15, 0.2) is 12.0 Å². The minimum Gasteiger partial charge on any atom is -0.497 e. The van der Waals surface area contributed by atoms with E-state index < -0.39 is 22.6 Å². The predicted molar refractivity (Wildman–Crippen MR) is 65.5 cm³/mol. The van der Waals surface area contributed by atoms with E-state index in [2.05, 4.69) is 5.10 Å². The van der Waals surface area contributed by atoms with Crippen LogP contribution in [0.2, 0.25) is 5.15 Å². The number of hydrogen-bond acceptors (Lipinski definition) is 3. The molecule has 0 N–H and O–H groups in total. The van der Waals surface area contributed by atoms with Crippen molar-refractivity contribution in [2.24, 2.45) is 0 Å². The van der Waals surface area contributed by atoms with Gasteiger partial charge in [-0.1, -0.05) is 11.6 Å². The second kappa shape index (κ2) is 5.16. The first-order valence-corrected chi connectivity index (χ1v) is 5.71. The summed E-state index contributed by atoms with van der Waals surface area (Å²) in [7, 11) is 1.46. The van der Waals surface area contributed by atoms with Gasteiger partial charge in [-0.2, -0.15) is 18.3 Å². The van der Waals surface area contributed by atoms with E-state index in [0.717, 1.165) is 4.68 Å². The van der Waals surface area contributed by atoms with Crippen LogP contribution in [0.25, 0.3) is 5.69 Å². The molecule has 0 atom stereocenters. The molecule has 0 amide bonds. The summed E-state index contributed by atoms with van der Waals surface area (Å²) in [5, 5.41) is 2.97. The molecule has 4 nitrogen and oxygen atoms in total. The highest BCUT2D eigenvalue weighted by Crippen LogP contribution is 2.34. The largest absolute Gasteiger partial charge is 0.497 e. The molecule has 1 aromatic heterocycles. The van der Waals surface area contributed by atoms with Gasteiger partial charge in [0.25, 0.3) is 0 Å². The maximum absolute atomic E-state index is 12.7. The van der Waals surface area contributed by atoms with Crippen LogP contribution in [0, 0.1) is 0 Å². The minimum atomic E-state index is -4.75. The Bertz CT molecular complexity index is 635. The third-order valence-electron chi connectivity index (χ3n) is 2.57. The van der Waals surface area contributed by atoms with Gasteiger partial charge < -0.3 is 4.74 Å². The summed E-state index contributed by atoms with van der Waals surface area (Å²) in [6.45, 7) is 0. The van der Waals surface area contributed by atoms with Crippen LogP contribution in [0.1, 0.15) is 16.1 Å². The molecule has 0 fully saturated rings. The number of methoxy groups -OCH3 is 1. The van der Waals surface area contributed by atoms with E-state index in [1.807, 2.05) is 0 Å². The van der Waals surface area contributed by atoms with Crippen LogP contribution in [0.3, 0.4) is 0 Å². The number of carbonyl (C=O) groups is 1. The number of hydrogen-bond donors (Lipinski definition) is 0. The van der Waals surface area contributed by atoms with Crippen molar-refractivity contribution < 1.29 is 22.7 Å². The van der Waals surface area contributed by atoms with Gasteiger partial charge in [-0.25, -0.2) is 4.68 Å². The molecule has 1 heterocycles. The molecule has 0 bridgehead atoms. The number of aldehydes is 1. The highest BCUT2D eigenvalue weighted by atomic mass is 35.5. The van der Waals surface area contributed by atoms with E-state index in [9.17, 15) is 18.0 Å². The van der Waals surface area contributed by atoms with Gasteiger partial charge in [0.1, 0.15) is 10.9 Å². The quantitative estimate of drug-likeness (QED) is 0.817. The number of nitrogens with zero attached hydrogens (tertiary/aromatic N) is 2. The summed E-state index contributed by atoms with van der Waals surface area (Å²) in [6, 6.07) is 6.04. The maximum atomic E-state index is 12.7. The Morgan fingerprint density at radius 2 is 1.90 bits per heavy atom. The van der Waals surface area contributed by atoms with E-state index in [-0.39, 0.29) is 12.0 Å². The molecule has 0 aliphatic heterocycles. The van der Waals surface area contributed by atoms with Crippen molar-refractivity contribution in [1.82, 2.24) is 9.78 Å². The molecule has 1 aromatic carbocycles. The maximum Gasteiger partial charge on any atom is 0.435 e. The van der Waals surface area contributed by atoms with Crippen molar-refractivity contribution in [3.05, 3.63) is 40.7 Å². The number of carbonyl (C=O) groups excluding carboxylic acids is 1. The van der Waals surface area contributed by atoms with Gasteiger partial charge in [0.05, 0.1) is 18.4 Å². The van der Waals surface area contributed by atoms with Gasteiger partial charge >= 0.3 is 6.18 Å². The summed E-state index contributed by atoms with van der Waals surface area (Å²) < 4.78 is 44.0. The van der Waals surface area contributed by atoms with Gasteiger partial charge in [-0.15, -0.1) is 0 Å². The fraction of sp³-hybridized carbons (Fsp3) is 0.167. The van der Waals surface area contributed by atoms with Crippen LogP contribution in [-0.2, 0) is 6.18 Å². The first-order valence-electron chi connectivity index (χ1n) is 5.33. The van der Waals surface area contributed by atoms with Gasteiger partial charge in [0, 0.05) is 0 Å². The average molecular weight is 305 g/mol. The van der Waals surface area contributed by atoms with Gasteiger partial charge in [-0.05, 0) is 24.3 Å². The monoisotopic (exact) mass is 304 g/mol. The lowest BCUT2D eigenvalue weighted by atomic mass is 10.2. The standard InChI is InChI=1S/C12H8ClF3N2O2/c1-20-8-4-2-7(3-5-8)18-11(13)9(6-19)10(17-18)12(14,15)16/h2-6H,1H3. The molecule has 0 saturated carbocycles. The predicted octanol–water partition coefficient (Wildman–Crippen LogP) is 3.37. The van der Waals surface area contributed by atoms with Gasteiger partial charge in [0.2, 0.25) is 0 Å². The van der Waals surface area contributed by atoms with Crippen molar-refractivity contribution in [2.75, 3.05) is 7.11 Å². The highest BCUT2D eigenvalue weighted by Gasteiger charge is 2.39. The molecule has 0 saturated heterocycles. The summed E-state index contributed by atoms with van der Waals surface area (Å²) >= 11 is 5.78. The Balaban J connectivity index is 2.57. The molecule has 0 aliphatic rings. The van der Waals surface area contributed by atoms with Gasteiger partial charge in [-0.3, -0.25) is 4.79 Å². The van der Waals surface area contributed by atoms with Crippen molar-refractivity contribution in [2.45, 2.75) is 6.18 Å². The topological polar surface area (TPSA) is 44.1 Å². The molecule has 0 aliphatic carbocycles. The van der Waals surface area contributed by atoms with E-state index in [1.165, 1.54) is 19.2 Å². The number of rotatable bonds is 3. The molecule has 106 valence electrons. The number of benzene rings is 1. The molecule has 2 rings (SSSR count). The average Bonchev–Trinajstić information content (AvgIpc) is 2.76. The molecule has 20 heavy (non-hydrogen) atoms. The van der Waals surface area contributed by atoms with Crippen LogP contribution < -0.4 is 4.74 Å². The second-order valence-corrected chi connectivity index (χ2v) is 4.14. The first-order chi connectivity index (χ1) is 9.38. The molecule has 8 heteroatoms.